The summed E-state index contributed by atoms with van der Waals surface area (Å²) >= 11 is 13.0. The van der Waals surface area contributed by atoms with Gasteiger partial charge in [0.25, 0.3) is 11.8 Å². The summed E-state index contributed by atoms with van der Waals surface area (Å²) in [5, 5.41) is 0.126. The van der Waals surface area contributed by atoms with Gasteiger partial charge >= 0.3 is 0 Å². The number of rotatable bonds is 3. The number of carbonyl (C=O) groups is 2. The van der Waals surface area contributed by atoms with Gasteiger partial charge in [-0.25, -0.2) is 0 Å². The van der Waals surface area contributed by atoms with Gasteiger partial charge in [0, 0.05) is 4.88 Å². The van der Waals surface area contributed by atoms with Crippen LogP contribution in [0.5, 0.6) is 0 Å². The smallest absolute Gasteiger partial charge is 0.268 e. The SMILES string of the molecule is Cc1ccc(N2C(=O)C(=Cc3ccc(Cl)s3)C(=O)N(c3ccccc3)C2=S)cc1C. The molecule has 1 aliphatic rings. The molecule has 1 fully saturated rings. The molecule has 0 aliphatic carbocycles. The number of para-hydroxylation sites is 1. The van der Waals surface area contributed by atoms with Gasteiger partial charge in [0.15, 0.2) is 5.11 Å². The predicted molar refractivity (Wildman–Crippen MR) is 127 cm³/mol. The number of nitrogens with zero attached hydrogens (tertiary/aromatic N) is 2. The van der Waals surface area contributed by atoms with Gasteiger partial charge in [0.05, 0.1) is 15.7 Å². The molecule has 150 valence electrons. The molecule has 0 saturated carbocycles. The van der Waals surface area contributed by atoms with Crippen molar-refractivity contribution >= 4 is 69.5 Å². The van der Waals surface area contributed by atoms with E-state index < -0.39 is 11.8 Å². The Morgan fingerprint density at radius 2 is 1.53 bits per heavy atom. The molecule has 7 heteroatoms. The number of anilines is 2. The average molecular weight is 453 g/mol. The standard InChI is InChI=1S/C23H17ClN2O2S2/c1-14-8-9-17(12-15(14)2)26-22(28)19(13-18-10-11-20(24)30-18)21(27)25(23(26)29)16-6-4-3-5-7-16/h3-13H,1-2H3. The van der Waals surface area contributed by atoms with Crippen molar-refractivity contribution in [1.29, 1.82) is 0 Å². The molecule has 4 rings (SSSR count). The number of thiocarbonyl (C=S) groups is 1. The first-order chi connectivity index (χ1) is 14.4. The van der Waals surface area contributed by atoms with Crippen LogP contribution in [0.1, 0.15) is 16.0 Å². The van der Waals surface area contributed by atoms with Gasteiger partial charge in [0.2, 0.25) is 0 Å². The molecule has 2 amide bonds. The number of benzene rings is 2. The number of hydrogen-bond acceptors (Lipinski definition) is 4. The molecule has 4 nitrogen and oxygen atoms in total. The lowest BCUT2D eigenvalue weighted by atomic mass is 10.1. The Balaban J connectivity index is 1.88. The lowest BCUT2D eigenvalue weighted by Crippen LogP contribution is -2.56. The molecule has 1 aliphatic heterocycles. The summed E-state index contributed by atoms with van der Waals surface area (Å²) < 4.78 is 0.582. The van der Waals surface area contributed by atoms with Gasteiger partial charge in [-0.2, -0.15) is 0 Å². The maximum absolute atomic E-state index is 13.4. The Labute approximate surface area is 189 Å². The Bertz CT molecular complexity index is 1200. The summed E-state index contributed by atoms with van der Waals surface area (Å²) in [7, 11) is 0. The van der Waals surface area contributed by atoms with E-state index in [-0.39, 0.29) is 10.7 Å². The minimum Gasteiger partial charge on any atom is -0.268 e. The lowest BCUT2D eigenvalue weighted by Gasteiger charge is -2.36. The van der Waals surface area contributed by atoms with E-state index in [9.17, 15) is 9.59 Å². The number of hydrogen-bond donors (Lipinski definition) is 0. The van der Waals surface area contributed by atoms with Gasteiger partial charge < -0.3 is 0 Å². The van der Waals surface area contributed by atoms with Crippen molar-refractivity contribution in [2.75, 3.05) is 9.80 Å². The first kappa shape index (κ1) is 20.5. The molecule has 0 unspecified atom stereocenters. The summed E-state index contributed by atoms with van der Waals surface area (Å²) in [6, 6.07) is 18.3. The molecule has 1 saturated heterocycles. The van der Waals surface area contributed by atoms with E-state index >= 15 is 0 Å². The second kappa shape index (κ2) is 8.14. The van der Waals surface area contributed by atoms with E-state index in [1.807, 2.05) is 50.2 Å². The average Bonchev–Trinajstić information content (AvgIpc) is 3.14. The first-order valence-corrected chi connectivity index (χ1v) is 10.8. The number of aryl methyl sites for hydroxylation is 2. The monoisotopic (exact) mass is 452 g/mol. The topological polar surface area (TPSA) is 40.6 Å². The fourth-order valence-electron chi connectivity index (χ4n) is 3.17. The third kappa shape index (κ3) is 3.69. The van der Waals surface area contributed by atoms with Crippen molar-refractivity contribution in [3.05, 3.63) is 86.6 Å². The zero-order valence-electron chi connectivity index (χ0n) is 16.3. The van der Waals surface area contributed by atoms with Gasteiger partial charge in [-0.1, -0.05) is 35.9 Å². The Morgan fingerprint density at radius 3 is 2.13 bits per heavy atom. The second-order valence-electron chi connectivity index (χ2n) is 6.87. The van der Waals surface area contributed by atoms with Crippen LogP contribution in [0.25, 0.3) is 6.08 Å². The summed E-state index contributed by atoms with van der Waals surface area (Å²) in [6.45, 7) is 3.97. The van der Waals surface area contributed by atoms with E-state index in [0.717, 1.165) is 16.0 Å². The Kier molecular flexibility index (Phi) is 5.56. The third-order valence-electron chi connectivity index (χ3n) is 4.89. The Morgan fingerprint density at radius 1 is 0.867 bits per heavy atom. The molecule has 1 aromatic heterocycles. The second-order valence-corrected chi connectivity index (χ2v) is 8.98. The van der Waals surface area contributed by atoms with Crippen molar-refractivity contribution in [2.45, 2.75) is 13.8 Å². The minimum atomic E-state index is -0.458. The van der Waals surface area contributed by atoms with Crippen LogP contribution in [0.15, 0.2) is 66.2 Å². The van der Waals surface area contributed by atoms with Crippen molar-refractivity contribution in [2.24, 2.45) is 0 Å². The van der Waals surface area contributed by atoms with Crippen molar-refractivity contribution in [1.82, 2.24) is 0 Å². The highest BCUT2D eigenvalue weighted by Gasteiger charge is 2.41. The van der Waals surface area contributed by atoms with Crippen LogP contribution < -0.4 is 9.80 Å². The molecule has 2 heterocycles. The third-order valence-corrected chi connectivity index (χ3v) is 6.44. The van der Waals surface area contributed by atoms with E-state index in [0.29, 0.717) is 15.7 Å². The summed E-state index contributed by atoms with van der Waals surface area (Å²) in [5.41, 5.74) is 3.39. The highest BCUT2D eigenvalue weighted by molar-refractivity contribution is 7.81. The number of amides is 2. The van der Waals surface area contributed by atoms with Crippen LogP contribution in [0.4, 0.5) is 11.4 Å². The number of carbonyl (C=O) groups excluding carboxylic acids is 2. The molecular weight excluding hydrogens is 436 g/mol. The van der Waals surface area contributed by atoms with Crippen molar-refractivity contribution in [3.8, 4) is 0 Å². The molecule has 30 heavy (non-hydrogen) atoms. The van der Waals surface area contributed by atoms with Crippen LogP contribution in [-0.2, 0) is 9.59 Å². The normalized spacial score (nSPS) is 16.0. The fraction of sp³-hybridized carbons (Fsp3) is 0.0870. The minimum absolute atomic E-state index is 0.0317. The molecule has 3 aromatic rings. The highest BCUT2D eigenvalue weighted by atomic mass is 35.5. The van der Waals surface area contributed by atoms with Crippen LogP contribution in [0.2, 0.25) is 4.34 Å². The largest absolute Gasteiger partial charge is 0.270 e. The van der Waals surface area contributed by atoms with E-state index in [4.69, 9.17) is 23.8 Å². The van der Waals surface area contributed by atoms with E-state index in [1.54, 1.807) is 30.3 Å². The van der Waals surface area contributed by atoms with Crippen LogP contribution in [0.3, 0.4) is 0 Å². The zero-order chi connectivity index (χ0) is 21.4. The van der Waals surface area contributed by atoms with E-state index in [1.165, 1.54) is 21.1 Å². The molecule has 0 spiro atoms. The van der Waals surface area contributed by atoms with Crippen molar-refractivity contribution in [3.63, 3.8) is 0 Å². The van der Waals surface area contributed by atoms with Crippen LogP contribution >= 0.6 is 35.2 Å². The molecule has 2 aromatic carbocycles. The quantitative estimate of drug-likeness (QED) is 0.288. The summed E-state index contributed by atoms with van der Waals surface area (Å²) in [6.07, 6.45) is 1.58. The number of halogens is 1. The first-order valence-electron chi connectivity index (χ1n) is 9.19. The lowest BCUT2D eigenvalue weighted by molar-refractivity contribution is -0.120. The van der Waals surface area contributed by atoms with Gasteiger partial charge in [-0.05, 0) is 79.7 Å². The fourth-order valence-corrected chi connectivity index (χ4v) is 4.56. The number of thiophene rings is 1. The summed E-state index contributed by atoms with van der Waals surface area (Å²) in [4.78, 5) is 30.3. The van der Waals surface area contributed by atoms with Crippen LogP contribution in [-0.4, -0.2) is 16.9 Å². The molecule has 0 radical (unpaired) electrons. The van der Waals surface area contributed by atoms with Gasteiger partial charge in [-0.3, -0.25) is 19.4 Å². The highest BCUT2D eigenvalue weighted by Crippen LogP contribution is 2.32. The van der Waals surface area contributed by atoms with Gasteiger partial charge in [-0.15, -0.1) is 11.3 Å². The predicted octanol–water partition coefficient (Wildman–Crippen LogP) is 5.77. The van der Waals surface area contributed by atoms with Crippen LogP contribution in [0, 0.1) is 13.8 Å². The molecular formula is C23H17ClN2O2S2. The van der Waals surface area contributed by atoms with Crippen molar-refractivity contribution < 1.29 is 9.59 Å². The zero-order valence-corrected chi connectivity index (χ0v) is 18.6. The van der Waals surface area contributed by atoms with Gasteiger partial charge in [0.1, 0.15) is 5.57 Å². The maximum atomic E-state index is 13.4. The molecule has 0 atom stereocenters. The molecule has 0 bridgehead atoms. The van der Waals surface area contributed by atoms with E-state index in [2.05, 4.69) is 0 Å². The maximum Gasteiger partial charge on any atom is 0.270 e. The Hall–Kier alpha value is -2.80. The molecule has 0 N–H and O–H groups in total. The summed E-state index contributed by atoms with van der Waals surface area (Å²) in [5.74, 6) is -0.911.